The van der Waals surface area contributed by atoms with E-state index in [-0.39, 0.29) is 29.4 Å². The molecule has 1 N–H and O–H groups in total. The van der Waals surface area contributed by atoms with Crippen LogP contribution in [0.3, 0.4) is 0 Å². The molecule has 2 amide bonds. The molecular weight excluding hydrogens is 346 g/mol. The van der Waals surface area contributed by atoms with Gasteiger partial charge in [-0.1, -0.05) is 6.07 Å². The smallest absolute Gasteiger partial charge is 0.290 e. The molecule has 144 valence electrons. The fourth-order valence-electron chi connectivity index (χ4n) is 3.60. The number of nitrogens with zero attached hydrogens (tertiary/aromatic N) is 4. The van der Waals surface area contributed by atoms with Gasteiger partial charge in [0.1, 0.15) is 0 Å². The lowest BCUT2D eigenvalue weighted by atomic mass is 10.2. The number of fused-ring (bicyclic) bond motifs is 1. The van der Waals surface area contributed by atoms with Gasteiger partial charge in [-0.2, -0.15) is 0 Å². The van der Waals surface area contributed by atoms with Crippen LogP contribution in [0.1, 0.15) is 33.9 Å². The Kier molecular flexibility index (Phi) is 5.09. The van der Waals surface area contributed by atoms with Crippen molar-refractivity contribution >= 4 is 17.3 Å². The monoisotopic (exact) mass is 371 g/mol. The molecule has 2 fully saturated rings. The maximum Gasteiger partial charge on any atom is 0.290 e. The number of likely N-dealkylation sites (N-methyl/N-ethyl adjacent to an activating group) is 1. The molecule has 2 aliphatic rings. The fraction of sp³-hybridized carbons (Fsp3) is 0.526. The van der Waals surface area contributed by atoms with E-state index in [2.05, 4.69) is 15.2 Å². The standard InChI is InChI=1S/C19H25N5O3/c1-22-8-10-23(11-9-22)19(26)17-21-16(15-6-2-3-7-24(15)17)18(25)20-13-14-5-4-12-27-14/h2-3,6-7,14H,4-5,8-13H2,1H3,(H,20,25). The molecule has 8 nitrogen and oxygen atoms in total. The summed E-state index contributed by atoms with van der Waals surface area (Å²) in [6.45, 7) is 4.22. The summed E-state index contributed by atoms with van der Waals surface area (Å²) in [5, 5.41) is 2.90. The third-order valence-electron chi connectivity index (χ3n) is 5.26. The van der Waals surface area contributed by atoms with Gasteiger partial charge in [-0.15, -0.1) is 0 Å². The van der Waals surface area contributed by atoms with Gasteiger partial charge < -0.3 is 19.9 Å². The van der Waals surface area contributed by atoms with Crippen molar-refractivity contribution in [1.29, 1.82) is 0 Å². The molecule has 2 saturated heterocycles. The van der Waals surface area contributed by atoms with Crippen LogP contribution in [0, 0.1) is 0 Å². The first-order chi connectivity index (χ1) is 13.1. The zero-order valence-corrected chi connectivity index (χ0v) is 15.6. The summed E-state index contributed by atoms with van der Waals surface area (Å²) in [4.78, 5) is 34.1. The Morgan fingerprint density at radius 3 is 2.81 bits per heavy atom. The lowest BCUT2D eigenvalue weighted by Gasteiger charge is -2.31. The molecule has 27 heavy (non-hydrogen) atoms. The van der Waals surface area contributed by atoms with Gasteiger partial charge in [0, 0.05) is 45.5 Å². The van der Waals surface area contributed by atoms with Crippen LogP contribution >= 0.6 is 0 Å². The summed E-state index contributed by atoms with van der Waals surface area (Å²) in [6, 6.07) is 5.50. The van der Waals surface area contributed by atoms with Gasteiger partial charge in [0.05, 0.1) is 11.6 Å². The Morgan fingerprint density at radius 1 is 1.26 bits per heavy atom. The molecule has 0 aliphatic carbocycles. The lowest BCUT2D eigenvalue weighted by molar-refractivity contribution is 0.0651. The van der Waals surface area contributed by atoms with Crippen molar-refractivity contribution in [3.8, 4) is 0 Å². The van der Waals surface area contributed by atoms with Crippen LogP contribution in [0.25, 0.3) is 5.52 Å². The van der Waals surface area contributed by atoms with Crippen LogP contribution in [0.15, 0.2) is 24.4 Å². The summed E-state index contributed by atoms with van der Waals surface area (Å²) in [6.07, 6.45) is 3.83. The molecule has 2 aliphatic heterocycles. The summed E-state index contributed by atoms with van der Waals surface area (Å²) in [7, 11) is 2.04. The highest BCUT2D eigenvalue weighted by Crippen LogP contribution is 2.16. The lowest BCUT2D eigenvalue weighted by Crippen LogP contribution is -2.47. The summed E-state index contributed by atoms with van der Waals surface area (Å²) in [5.74, 6) is -0.119. The molecular formula is C19H25N5O3. The van der Waals surface area contributed by atoms with Gasteiger partial charge in [0.25, 0.3) is 11.8 Å². The van der Waals surface area contributed by atoms with Crippen LogP contribution in [-0.2, 0) is 4.74 Å². The minimum Gasteiger partial charge on any atom is -0.376 e. The summed E-state index contributed by atoms with van der Waals surface area (Å²) >= 11 is 0. The number of imidazole rings is 1. The first-order valence-electron chi connectivity index (χ1n) is 9.48. The number of nitrogens with one attached hydrogen (secondary N) is 1. The number of hydrogen-bond donors (Lipinski definition) is 1. The second-order valence-corrected chi connectivity index (χ2v) is 7.18. The van der Waals surface area contributed by atoms with Crippen molar-refractivity contribution in [3.63, 3.8) is 0 Å². The Morgan fingerprint density at radius 2 is 2.07 bits per heavy atom. The third kappa shape index (κ3) is 3.68. The summed E-state index contributed by atoms with van der Waals surface area (Å²) in [5.41, 5.74) is 0.922. The highest BCUT2D eigenvalue weighted by molar-refractivity contribution is 6.02. The minimum absolute atomic E-state index is 0.0641. The number of carbonyl (C=O) groups excluding carboxylic acids is 2. The Labute approximate surface area is 158 Å². The minimum atomic E-state index is -0.272. The average molecular weight is 371 g/mol. The van der Waals surface area contributed by atoms with Crippen LogP contribution in [0.2, 0.25) is 0 Å². The molecule has 4 heterocycles. The molecule has 1 atom stereocenters. The van der Waals surface area contributed by atoms with E-state index in [4.69, 9.17) is 4.74 Å². The van der Waals surface area contributed by atoms with E-state index in [0.717, 1.165) is 32.5 Å². The van der Waals surface area contributed by atoms with E-state index in [9.17, 15) is 9.59 Å². The van der Waals surface area contributed by atoms with Crippen molar-refractivity contribution in [2.24, 2.45) is 0 Å². The second kappa shape index (κ2) is 7.66. The van der Waals surface area contributed by atoms with Crippen molar-refractivity contribution < 1.29 is 14.3 Å². The number of aromatic nitrogens is 2. The zero-order chi connectivity index (χ0) is 18.8. The van der Waals surface area contributed by atoms with Gasteiger partial charge in [-0.05, 0) is 32.0 Å². The molecule has 0 radical (unpaired) electrons. The van der Waals surface area contributed by atoms with Crippen LogP contribution in [0.4, 0.5) is 0 Å². The van der Waals surface area contributed by atoms with E-state index in [1.54, 1.807) is 15.5 Å². The Bertz CT molecular complexity index is 835. The molecule has 4 rings (SSSR count). The van der Waals surface area contributed by atoms with Crippen LogP contribution in [0.5, 0.6) is 0 Å². The molecule has 8 heteroatoms. The molecule has 1 unspecified atom stereocenters. The van der Waals surface area contributed by atoms with E-state index in [1.807, 2.05) is 25.2 Å². The van der Waals surface area contributed by atoms with E-state index >= 15 is 0 Å². The van der Waals surface area contributed by atoms with Crippen molar-refractivity contribution in [3.05, 3.63) is 35.9 Å². The Hall–Kier alpha value is -2.45. The third-order valence-corrected chi connectivity index (χ3v) is 5.26. The maximum absolute atomic E-state index is 13.0. The molecule has 2 aromatic rings. The highest BCUT2D eigenvalue weighted by Gasteiger charge is 2.27. The van der Waals surface area contributed by atoms with Gasteiger partial charge in [-0.25, -0.2) is 4.98 Å². The normalized spacial score (nSPS) is 20.9. The number of piperazine rings is 1. The fourth-order valence-corrected chi connectivity index (χ4v) is 3.60. The number of pyridine rings is 1. The first kappa shape index (κ1) is 17.9. The number of carbonyl (C=O) groups is 2. The zero-order valence-electron chi connectivity index (χ0n) is 15.6. The van der Waals surface area contributed by atoms with Crippen molar-refractivity contribution in [1.82, 2.24) is 24.5 Å². The van der Waals surface area contributed by atoms with E-state index in [0.29, 0.717) is 25.2 Å². The van der Waals surface area contributed by atoms with Gasteiger partial charge in [-0.3, -0.25) is 14.0 Å². The Balaban J connectivity index is 1.56. The topological polar surface area (TPSA) is 79.2 Å². The van der Waals surface area contributed by atoms with Crippen LogP contribution < -0.4 is 5.32 Å². The quantitative estimate of drug-likeness (QED) is 0.853. The molecule has 2 aromatic heterocycles. The van der Waals surface area contributed by atoms with Gasteiger partial charge in [0.2, 0.25) is 5.82 Å². The van der Waals surface area contributed by atoms with Gasteiger partial charge in [0.15, 0.2) is 5.69 Å². The summed E-state index contributed by atoms with van der Waals surface area (Å²) < 4.78 is 7.26. The molecule has 0 aromatic carbocycles. The van der Waals surface area contributed by atoms with Crippen molar-refractivity contribution in [2.45, 2.75) is 18.9 Å². The average Bonchev–Trinajstić information content (AvgIpc) is 3.34. The molecule has 0 saturated carbocycles. The predicted molar refractivity (Wildman–Crippen MR) is 99.9 cm³/mol. The molecule has 0 spiro atoms. The number of rotatable bonds is 4. The first-order valence-corrected chi connectivity index (χ1v) is 9.48. The van der Waals surface area contributed by atoms with E-state index < -0.39 is 0 Å². The number of hydrogen-bond acceptors (Lipinski definition) is 5. The second-order valence-electron chi connectivity index (χ2n) is 7.18. The van der Waals surface area contributed by atoms with Crippen molar-refractivity contribution in [2.75, 3.05) is 46.4 Å². The van der Waals surface area contributed by atoms with E-state index in [1.165, 1.54) is 0 Å². The maximum atomic E-state index is 13.0. The number of amides is 2. The van der Waals surface area contributed by atoms with Crippen LogP contribution in [-0.4, -0.2) is 83.5 Å². The molecule has 0 bridgehead atoms. The van der Waals surface area contributed by atoms with Gasteiger partial charge >= 0.3 is 0 Å². The highest BCUT2D eigenvalue weighted by atomic mass is 16.5. The predicted octanol–water partition coefficient (Wildman–Crippen LogP) is 0.631. The largest absolute Gasteiger partial charge is 0.376 e. The number of ether oxygens (including phenoxy) is 1. The SMILES string of the molecule is CN1CCN(C(=O)c2nc(C(=O)NCC3CCCO3)c3ccccn23)CC1.